The number of aromatic hydroxyl groups is 3. The van der Waals surface area contributed by atoms with Crippen LogP contribution >= 0.6 is 0 Å². The van der Waals surface area contributed by atoms with Gasteiger partial charge < -0.3 is 144 Å². The lowest BCUT2D eigenvalue weighted by molar-refractivity contribution is -0.388. The smallest absolute Gasteiger partial charge is 0.239 e. The molecule has 420 valence electrons. The predicted molar refractivity (Wildman–Crippen MR) is 236 cm³/mol. The first-order chi connectivity index (χ1) is 35.6. The fraction of sp³-hybridized carbons (Fsp3) is 0.667. The summed E-state index contributed by atoms with van der Waals surface area (Å²) >= 11 is 0. The quantitative estimate of drug-likeness (QED) is 0.0672. The number of fused-ring (bicyclic) bond motifs is 1. The Morgan fingerprint density at radius 2 is 0.933 bits per heavy atom. The minimum absolute atomic E-state index is 0.0663. The minimum atomic E-state index is -2.25. The largest absolute Gasteiger partial charge is 0.508 e. The number of hydrogen-bond acceptors (Lipinski definition) is 30. The van der Waals surface area contributed by atoms with Crippen molar-refractivity contribution in [2.75, 3.05) is 26.4 Å². The molecule has 0 saturated carbocycles. The molecular formula is C45H60O30. The SMILES string of the molecule is CC1O[C@@H](OCC2O[C@@H](Oc3c(-c4ccc(O)cc4)oc4cc(O)cc(O)c4c3=O)C(O)[C@@H](O)[C@@H]2O[C@H]2OC(CO)[C@@H](O[C@H]3OC(CO)[C@@H](O[C@H]4OC(CO)[C@@H](O)[C@H](O)C4O)[C@H](O)C3O)[C@H](O)C2O)C(O)[C@@H](O)[C@H]1O. The highest BCUT2D eigenvalue weighted by molar-refractivity contribution is 5.88. The third kappa shape index (κ3) is 11.3. The first kappa shape index (κ1) is 57.1. The molecular weight excluding hydrogens is 1020 g/mol. The Kier molecular flexibility index (Phi) is 17.9. The zero-order valence-electron chi connectivity index (χ0n) is 39.2. The van der Waals surface area contributed by atoms with Gasteiger partial charge in [0, 0.05) is 17.7 Å². The van der Waals surface area contributed by atoms with Crippen LogP contribution in [0.1, 0.15) is 6.92 Å². The van der Waals surface area contributed by atoms with Crippen LogP contribution in [0.2, 0.25) is 0 Å². The van der Waals surface area contributed by atoms with E-state index in [-0.39, 0.29) is 16.9 Å². The lowest BCUT2D eigenvalue weighted by Gasteiger charge is -2.49. The maximum Gasteiger partial charge on any atom is 0.239 e. The third-order valence-corrected chi connectivity index (χ3v) is 13.5. The molecule has 0 spiro atoms. The van der Waals surface area contributed by atoms with Crippen molar-refractivity contribution in [3.63, 3.8) is 0 Å². The van der Waals surface area contributed by atoms with Crippen LogP contribution in [0.25, 0.3) is 22.3 Å². The number of benzene rings is 2. The second-order valence-corrected chi connectivity index (χ2v) is 18.5. The summed E-state index contributed by atoms with van der Waals surface area (Å²) in [6.07, 6.45) is -47.3. The van der Waals surface area contributed by atoms with Gasteiger partial charge in [0.2, 0.25) is 17.5 Å². The van der Waals surface area contributed by atoms with E-state index >= 15 is 0 Å². The lowest BCUT2D eigenvalue weighted by atomic mass is 9.95. The Balaban J connectivity index is 1.03. The average molecular weight is 1080 g/mol. The normalized spacial score (nSPS) is 42.6. The summed E-state index contributed by atoms with van der Waals surface area (Å²) in [5.41, 5.74) is -1.37. The predicted octanol–water partition coefficient (Wildman–Crippen LogP) is -7.92. The van der Waals surface area contributed by atoms with Crippen LogP contribution in [0, 0.1) is 0 Å². The first-order valence-electron chi connectivity index (χ1n) is 23.4. The highest BCUT2D eigenvalue weighted by atomic mass is 16.8. The van der Waals surface area contributed by atoms with E-state index in [1.165, 1.54) is 31.2 Å². The van der Waals surface area contributed by atoms with Gasteiger partial charge in [0.1, 0.15) is 144 Å². The van der Waals surface area contributed by atoms with E-state index in [1.807, 2.05) is 0 Å². The van der Waals surface area contributed by atoms with Crippen molar-refractivity contribution in [2.45, 2.75) is 160 Å². The van der Waals surface area contributed by atoms with E-state index in [0.29, 0.717) is 0 Å². The van der Waals surface area contributed by atoms with Crippen LogP contribution in [-0.2, 0) is 42.6 Å². The third-order valence-electron chi connectivity index (χ3n) is 13.5. The fourth-order valence-corrected chi connectivity index (χ4v) is 9.25. The van der Waals surface area contributed by atoms with Crippen molar-refractivity contribution in [1.82, 2.24) is 0 Å². The molecule has 6 heterocycles. The van der Waals surface area contributed by atoms with E-state index in [4.69, 9.17) is 51.8 Å². The van der Waals surface area contributed by atoms with Crippen molar-refractivity contribution >= 4 is 11.0 Å². The fourth-order valence-electron chi connectivity index (χ4n) is 9.25. The molecule has 1 aromatic heterocycles. The molecule has 0 bridgehead atoms. The van der Waals surface area contributed by atoms with Gasteiger partial charge in [-0.1, -0.05) is 0 Å². The van der Waals surface area contributed by atoms with E-state index in [2.05, 4.69) is 0 Å². The minimum Gasteiger partial charge on any atom is -0.508 e. The van der Waals surface area contributed by atoms with Crippen molar-refractivity contribution in [3.05, 3.63) is 46.6 Å². The molecule has 18 N–H and O–H groups in total. The Bertz CT molecular complexity index is 2420. The topological polar surface area (TPSA) is 487 Å². The summed E-state index contributed by atoms with van der Waals surface area (Å²) in [6, 6.07) is 6.86. The van der Waals surface area contributed by atoms with Crippen LogP contribution in [-0.4, -0.2) is 272 Å². The molecule has 5 saturated heterocycles. The first-order valence-corrected chi connectivity index (χ1v) is 23.4. The Labute approximate surface area is 421 Å². The summed E-state index contributed by atoms with van der Waals surface area (Å²) < 4.78 is 63.0. The van der Waals surface area contributed by atoms with Gasteiger partial charge in [-0.15, -0.1) is 0 Å². The van der Waals surface area contributed by atoms with Crippen LogP contribution in [0.3, 0.4) is 0 Å². The molecule has 3 aromatic rings. The molecule has 0 amide bonds. The number of rotatable bonds is 15. The van der Waals surface area contributed by atoms with Crippen LogP contribution in [0.15, 0.2) is 45.6 Å². The number of phenols is 3. The van der Waals surface area contributed by atoms with Crippen molar-refractivity contribution in [2.24, 2.45) is 0 Å². The maximum absolute atomic E-state index is 14.1. The second-order valence-electron chi connectivity index (χ2n) is 18.5. The Morgan fingerprint density at radius 1 is 0.480 bits per heavy atom. The zero-order chi connectivity index (χ0) is 54.5. The highest BCUT2D eigenvalue weighted by Gasteiger charge is 2.56. The molecule has 0 radical (unpaired) electrons. The maximum atomic E-state index is 14.1. The van der Waals surface area contributed by atoms with Crippen molar-refractivity contribution in [1.29, 1.82) is 0 Å². The molecule has 25 atom stereocenters. The van der Waals surface area contributed by atoms with E-state index in [1.54, 1.807) is 0 Å². The molecule has 5 fully saturated rings. The molecule has 10 unspecified atom stereocenters. The van der Waals surface area contributed by atoms with Gasteiger partial charge in [-0.2, -0.15) is 0 Å². The zero-order valence-corrected chi connectivity index (χ0v) is 39.2. The van der Waals surface area contributed by atoms with Crippen molar-refractivity contribution in [3.8, 4) is 34.3 Å². The molecule has 2 aromatic carbocycles. The molecule has 0 aliphatic carbocycles. The van der Waals surface area contributed by atoms with E-state index < -0.39 is 214 Å². The molecule has 8 rings (SSSR count). The van der Waals surface area contributed by atoms with Gasteiger partial charge in [-0.05, 0) is 31.2 Å². The van der Waals surface area contributed by atoms with Crippen LogP contribution in [0.4, 0.5) is 0 Å². The lowest BCUT2D eigenvalue weighted by Crippen LogP contribution is -2.67. The number of aliphatic hydroxyl groups is 15. The number of ether oxygens (including phenoxy) is 10. The number of hydrogen-bond donors (Lipinski definition) is 18. The van der Waals surface area contributed by atoms with Crippen molar-refractivity contribution < 1.29 is 144 Å². The Morgan fingerprint density at radius 3 is 1.47 bits per heavy atom. The van der Waals surface area contributed by atoms with E-state index in [9.17, 15) is 96.7 Å². The highest BCUT2D eigenvalue weighted by Crippen LogP contribution is 2.40. The summed E-state index contributed by atoms with van der Waals surface area (Å²) in [4.78, 5) is 14.1. The van der Waals surface area contributed by atoms with Gasteiger partial charge in [0.05, 0.1) is 32.5 Å². The monoisotopic (exact) mass is 1080 g/mol. The van der Waals surface area contributed by atoms with Gasteiger partial charge in [-0.25, -0.2) is 0 Å². The molecule has 30 heteroatoms. The van der Waals surface area contributed by atoms with Gasteiger partial charge in [0.15, 0.2) is 30.9 Å². The summed E-state index contributed by atoms with van der Waals surface area (Å²) in [5.74, 6) is -2.62. The number of aliphatic hydroxyl groups excluding tert-OH is 15. The standard InChI is InChI=1S/C45H60O30/c1-12-23(52)26(55)31(60)41(66-12)65-11-21-39(30(59)35(64)45(71-21)75-40-25(54)22-16(51)6-15(50)7-17(22)67-36(40)13-2-4-14(49)5-3-13)74-44-34(63)29(58)38(20(10-48)70-44)73-43-33(62)28(57)37(19(9-47)69-43)72-42-32(61)27(56)24(53)18(8-46)68-42/h2-7,12,18-21,23-24,26-35,37-39,41-53,55-64H,8-11H2,1H3/t12?,18?,19?,20?,21?,23-,24+,26-,27-,28+,29+,30+,31?,32?,33?,34?,35?,37+,38+,39+,41+,42+,43+,44+,45-/m0/s1. The summed E-state index contributed by atoms with van der Waals surface area (Å²) in [5, 5.41) is 191. The van der Waals surface area contributed by atoms with Gasteiger partial charge in [-0.3, -0.25) is 4.79 Å². The van der Waals surface area contributed by atoms with Gasteiger partial charge in [0.25, 0.3) is 0 Å². The van der Waals surface area contributed by atoms with E-state index in [0.717, 1.165) is 12.1 Å². The van der Waals surface area contributed by atoms with Gasteiger partial charge >= 0.3 is 0 Å². The molecule has 75 heavy (non-hydrogen) atoms. The molecule has 5 aliphatic heterocycles. The number of phenolic OH excluding ortho intramolecular Hbond substituents is 3. The average Bonchev–Trinajstić information content (AvgIpc) is 3.39. The van der Waals surface area contributed by atoms with Crippen LogP contribution in [0.5, 0.6) is 23.0 Å². The Hall–Kier alpha value is -4.11. The molecule has 30 nitrogen and oxygen atoms in total. The van der Waals surface area contributed by atoms with Crippen LogP contribution < -0.4 is 10.2 Å². The summed E-state index contributed by atoms with van der Waals surface area (Å²) in [7, 11) is 0. The molecule has 5 aliphatic rings. The summed E-state index contributed by atoms with van der Waals surface area (Å²) in [6.45, 7) is -2.39. The second kappa shape index (κ2) is 23.5.